The summed E-state index contributed by atoms with van der Waals surface area (Å²) in [6.07, 6.45) is 1.47. The molecule has 0 saturated carbocycles. The zero-order chi connectivity index (χ0) is 12.0. The van der Waals surface area contributed by atoms with E-state index in [2.05, 4.69) is 4.74 Å². The van der Waals surface area contributed by atoms with Gasteiger partial charge in [0.25, 0.3) is 0 Å². The summed E-state index contributed by atoms with van der Waals surface area (Å²) >= 11 is 0. The molecular weight excluding hydrogens is 204 g/mol. The van der Waals surface area contributed by atoms with Gasteiger partial charge in [-0.3, -0.25) is 0 Å². The molecule has 0 spiro atoms. The lowest BCUT2D eigenvalue weighted by Gasteiger charge is -2.05. The Kier molecular flexibility index (Phi) is 4.58. The van der Waals surface area contributed by atoms with E-state index in [1.165, 1.54) is 13.2 Å². The van der Waals surface area contributed by atoms with Gasteiger partial charge in [-0.2, -0.15) is 0 Å². The summed E-state index contributed by atoms with van der Waals surface area (Å²) in [5.41, 5.74) is 1.85. The highest BCUT2D eigenvalue weighted by molar-refractivity contribution is 5.90. The Balaban J connectivity index is 2.81. The van der Waals surface area contributed by atoms with Crippen LogP contribution in [0.25, 0.3) is 5.57 Å². The standard InChI is InChI=1S/C13H16O3/c1-4-16-12-7-5-11(6-8-12)10(2)9-13(14)15-3/h5-9H,4H2,1-3H3. The van der Waals surface area contributed by atoms with E-state index in [9.17, 15) is 4.79 Å². The molecular formula is C13H16O3. The van der Waals surface area contributed by atoms with Crippen molar-refractivity contribution in [2.75, 3.05) is 13.7 Å². The van der Waals surface area contributed by atoms with Crippen LogP contribution in [0.1, 0.15) is 19.4 Å². The first kappa shape index (κ1) is 12.3. The van der Waals surface area contributed by atoms with Gasteiger partial charge in [0.05, 0.1) is 13.7 Å². The minimum absolute atomic E-state index is 0.341. The minimum Gasteiger partial charge on any atom is -0.494 e. The number of allylic oxidation sites excluding steroid dienone is 1. The zero-order valence-electron chi connectivity index (χ0n) is 9.82. The number of ether oxygens (including phenoxy) is 2. The minimum atomic E-state index is -0.341. The quantitative estimate of drug-likeness (QED) is 0.578. The third-order valence-electron chi connectivity index (χ3n) is 2.16. The molecule has 0 aliphatic heterocycles. The molecule has 1 aromatic rings. The third-order valence-corrected chi connectivity index (χ3v) is 2.16. The summed E-state index contributed by atoms with van der Waals surface area (Å²) in [6, 6.07) is 7.60. The molecule has 16 heavy (non-hydrogen) atoms. The number of hydrogen-bond acceptors (Lipinski definition) is 3. The number of carbonyl (C=O) groups is 1. The number of rotatable bonds is 4. The summed E-state index contributed by atoms with van der Waals surface area (Å²) in [5.74, 6) is 0.489. The number of benzene rings is 1. The molecule has 0 aliphatic rings. The highest BCUT2D eigenvalue weighted by Gasteiger charge is 2.00. The van der Waals surface area contributed by atoms with Gasteiger partial charge in [-0.1, -0.05) is 12.1 Å². The van der Waals surface area contributed by atoms with E-state index in [0.29, 0.717) is 6.61 Å². The molecule has 0 amide bonds. The first-order chi connectivity index (χ1) is 7.67. The molecule has 0 aliphatic carbocycles. The molecule has 0 saturated heterocycles. The fraction of sp³-hybridized carbons (Fsp3) is 0.308. The van der Waals surface area contributed by atoms with Gasteiger partial charge in [0, 0.05) is 6.08 Å². The molecule has 0 atom stereocenters. The summed E-state index contributed by atoms with van der Waals surface area (Å²) in [5, 5.41) is 0. The Morgan fingerprint density at radius 1 is 1.31 bits per heavy atom. The molecule has 0 heterocycles. The van der Waals surface area contributed by atoms with Crippen LogP contribution in [-0.4, -0.2) is 19.7 Å². The van der Waals surface area contributed by atoms with Gasteiger partial charge < -0.3 is 9.47 Å². The van der Waals surface area contributed by atoms with Crippen molar-refractivity contribution in [2.45, 2.75) is 13.8 Å². The Bertz CT molecular complexity index is 377. The molecule has 3 nitrogen and oxygen atoms in total. The number of methoxy groups -OCH3 is 1. The first-order valence-electron chi connectivity index (χ1n) is 5.17. The molecule has 0 bridgehead atoms. The smallest absolute Gasteiger partial charge is 0.330 e. The largest absolute Gasteiger partial charge is 0.494 e. The average molecular weight is 220 g/mol. The van der Waals surface area contributed by atoms with E-state index >= 15 is 0 Å². The summed E-state index contributed by atoms with van der Waals surface area (Å²) in [7, 11) is 1.37. The maximum absolute atomic E-state index is 11.0. The van der Waals surface area contributed by atoms with Crippen LogP contribution >= 0.6 is 0 Å². The molecule has 1 aromatic carbocycles. The molecule has 1 rings (SSSR count). The Morgan fingerprint density at radius 3 is 2.44 bits per heavy atom. The van der Waals surface area contributed by atoms with Crippen LogP contribution in [0.3, 0.4) is 0 Å². The lowest BCUT2D eigenvalue weighted by Crippen LogP contribution is -1.96. The monoisotopic (exact) mass is 220 g/mol. The molecule has 0 N–H and O–H groups in total. The highest BCUT2D eigenvalue weighted by atomic mass is 16.5. The second-order valence-corrected chi connectivity index (χ2v) is 3.31. The molecule has 0 fully saturated rings. The van der Waals surface area contributed by atoms with Gasteiger partial charge >= 0.3 is 5.97 Å². The number of hydrogen-bond donors (Lipinski definition) is 0. The molecule has 3 heteroatoms. The van der Waals surface area contributed by atoms with E-state index in [4.69, 9.17) is 4.74 Å². The van der Waals surface area contributed by atoms with Gasteiger partial charge in [0.2, 0.25) is 0 Å². The lowest BCUT2D eigenvalue weighted by molar-refractivity contribution is -0.134. The number of carbonyl (C=O) groups excluding carboxylic acids is 1. The third kappa shape index (κ3) is 3.42. The summed E-state index contributed by atoms with van der Waals surface area (Å²) in [6.45, 7) is 4.46. The average Bonchev–Trinajstić information content (AvgIpc) is 2.30. The second-order valence-electron chi connectivity index (χ2n) is 3.31. The van der Waals surface area contributed by atoms with Crippen molar-refractivity contribution in [2.24, 2.45) is 0 Å². The summed E-state index contributed by atoms with van der Waals surface area (Å²) in [4.78, 5) is 11.0. The van der Waals surface area contributed by atoms with Gasteiger partial charge in [-0.05, 0) is 37.1 Å². The van der Waals surface area contributed by atoms with Crippen molar-refractivity contribution in [3.63, 3.8) is 0 Å². The van der Waals surface area contributed by atoms with Crippen molar-refractivity contribution >= 4 is 11.5 Å². The maximum atomic E-state index is 11.0. The van der Waals surface area contributed by atoms with Crippen LogP contribution in [0.15, 0.2) is 30.3 Å². The van der Waals surface area contributed by atoms with Crippen molar-refractivity contribution in [3.8, 4) is 5.75 Å². The Morgan fingerprint density at radius 2 is 1.94 bits per heavy atom. The van der Waals surface area contributed by atoms with Gasteiger partial charge in [0.15, 0.2) is 0 Å². The van der Waals surface area contributed by atoms with Crippen molar-refractivity contribution in [3.05, 3.63) is 35.9 Å². The fourth-order valence-electron chi connectivity index (χ4n) is 1.30. The molecule has 86 valence electrons. The Hall–Kier alpha value is -1.77. The predicted molar refractivity (Wildman–Crippen MR) is 63.3 cm³/mol. The van der Waals surface area contributed by atoms with Crippen LogP contribution in [0.4, 0.5) is 0 Å². The molecule has 0 aromatic heterocycles. The van der Waals surface area contributed by atoms with E-state index in [-0.39, 0.29) is 5.97 Å². The van der Waals surface area contributed by atoms with Crippen LogP contribution in [0, 0.1) is 0 Å². The normalized spacial score (nSPS) is 11.1. The SMILES string of the molecule is CCOc1ccc(C(C)=CC(=O)OC)cc1. The fourth-order valence-corrected chi connectivity index (χ4v) is 1.30. The van der Waals surface area contributed by atoms with E-state index in [1.54, 1.807) is 0 Å². The maximum Gasteiger partial charge on any atom is 0.330 e. The topological polar surface area (TPSA) is 35.5 Å². The zero-order valence-corrected chi connectivity index (χ0v) is 9.82. The van der Waals surface area contributed by atoms with Crippen LogP contribution < -0.4 is 4.74 Å². The van der Waals surface area contributed by atoms with Crippen LogP contribution in [0.2, 0.25) is 0 Å². The van der Waals surface area contributed by atoms with Gasteiger partial charge in [0.1, 0.15) is 5.75 Å². The lowest BCUT2D eigenvalue weighted by atomic mass is 10.1. The second kappa shape index (κ2) is 5.95. The van der Waals surface area contributed by atoms with Crippen molar-refractivity contribution in [1.82, 2.24) is 0 Å². The Labute approximate surface area is 95.7 Å². The van der Waals surface area contributed by atoms with Crippen LogP contribution in [-0.2, 0) is 9.53 Å². The van der Waals surface area contributed by atoms with Gasteiger partial charge in [-0.25, -0.2) is 4.79 Å². The highest BCUT2D eigenvalue weighted by Crippen LogP contribution is 2.18. The molecule has 0 radical (unpaired) electrons. The van der Waals surface area contributed by atoms with Crippen molar-refractivity contribution in [1.29, 1.82) is 0 Å². The first-order valence-corrected chi connectivity index (χ1v) is 5.17. The number of esters is 1. The van der Waals surface area contributed by atoms with E-state index < -0.39 is 0 Å². The van der Waals surface area contributed by atoms with Gasteiger partial charge in [-0.15, -0.1) is 0 Å². The summed E-state index contributed by atoms with van der Waals surface area (Å²) < 4.78 is 9.90. The predicted octanol–water partition coefficient (Wildman–Crippen LogP) is 2.66. The molecule has 0 unspecified atom stereocenters. The van der Waals surface area contributed by atoms with E-state index in [0.717, 1.165) is 16.9 Å². The van der Waals surface area contributed by atoms with Crippen LogP contribution in [0.5, 0.6) is 5.75 Å². The van der Waals surface area contributed by atoms with E-state index in [1.807, 2.05) is 38.1 Å². The van der Waals surface area contributed by atoms with Crippen molar-refractivity contribution < 1.29 is 14.3 Å².